The predicted molar refractivity (Wildman–Crippen MR) is 88.8 cm³/mol. The number of piperazine rings is 1. The number of carbonyl (C=O) groups is 2. The highest BCUT2D eigenvalue weighted by molar-refractivity contribution is 6.29. The lowest BCUT2D eigenvalue weighted by atomic mass is 10.3. The Morgan fingerprint density at radius 1 is 1.28 bits per heavy atom. The second-order valence-electron chi connectivity index (χ2n) is 4.82. The van der Waals surface area contributed by atoms with Gasteiger partial charge in [0.1, 0.15) is 5.69 Å². The summed E-state index contributed by atoms with van der Waals surface area (Å²) in [6.45, 7) is 5.01. The van der Waals surface area contributed by atoms with E-state index < -0.39 is 18.2 Å². The fraction of sp³-hybridized carbons (Fsp3) is 0.429. The molecule has 1 atom stereocenters. The van der Waals surface area contributed by atoms with E-state index in [0.29, 0.717) is 23.2 Å². The van der Waals surface area contributed by atoms with Gasteiger partial charge < -0.3 is 30.3 Å². The molecule has 1 aromatic heterocycles. The van der Waals surface area contributed by atoms with Crippen molar-refractivity contribution in [1.82, 2.24) is 15.5 Å². The van der Waals surface area contributed by atoms with E-state index in [1.807, 2.05) is 0 Å². The number of nitrogens with zero attached hydrogens (tertiary/aromatic N) is 3. The molecule has 4 N–H and O–H groups in total. The van der Waals surface area contributed by atoms with Crippen LogP contribution in [0, 0.1) is 0 Å². The number of carboxylic acids is 2. The summed E-state index contributed by atoms with van der Waals surface area (Å²) in [6.07, 6.45) is 0.192. The van der Waals surface area contributed by atoms with E-state index in [4.69, 9.17) is 26.6 Å². The Kier molecular flexibility index (Phi) is 8.61. The smallest absolute Gasteiger partial charge is 0.328 e. The number of nitrogens with one attached hydrogen (secondary N) is 1. The number of aromatic nitrogens is 2. The number of anilines is 1. The van der Waals surface area contributed by atoms with Crippen LogP contribution in [0.3, 0.4) is 0 Å². The van der Waals surface area contributed by atoms with Crippen LogP contribution in [-0.4, -0.2) is 69.9 Å². The zero-order valence-electron chi connectivity index (χ0n) is 13.4. The minimum atomic E-state index is -1.26. The molecule has 1 fully saturated rings. The molecular weight excluding hydrogens is 356 g/mol. The molecule has 1 aromatic rings. The summed E-state index contributed by atoms with van der Waals surface area (Å²) in [4.78, 5) is 21.2. The average molecular weight is 375 g/mol. The topological polar surface area (TPSA) is 145 Å². The van der Waals surface area contributed by atoms with Crippen molar-refractivity contribution in [3.05, 3.63) is 23.4 Å². The highest BCUT2D eigenvalue weighted by Crippen LogP contribution is 2.28. The van der Waals surface area contributed by atoms with Crippen LogP contribution in [-0.2, 0) is 9.59 Å². The summed E-state index contributed by atoms with van der Waals surface area (Å²) in [6, 6.07) is 1.71. The second kappa shape index (κ2) is 10.4. The summed E-state index contributed by atoms with van der Waals surface area (Å²) in [7, 11) is 0. The Labute approximate surface area is 148 Å². The summed E-state index contributed by atoms with van der Waals surface area (Å²) in [5.74, 6) is -2.20. The molecule has 0 amide bonds. The molecule has 2 heterocycles. The number of hydrogen-bond acceptors (Lipinski definition) is 8. The van der Waals surface area contributed by atoms with Crippen molar-refractivity contribution in [2.24, 2.45) is 0 Å². The molecule has 1 aliphatic rings. The van der Waals surface area contributed by atoms with Crippen molar-refractivity contribution in [2.75, 3.05) is 31.1 Å². The maximum absolute atomic E-state index is 9.55. The highest BCUT2D eigenvalue weighted by Gasteiger charge is 2.18. The van der Waals surface area contributed by atoms with Gasteiger partial charge in [-0.1, -0.05) is 11.6 Å². The first-order chi connectivity index (χ1) is 11.8. The van der Waals surface area contributed by atoms with E-state index in [0.717, 1.165) is 31.9 Å². The number of hydrogen-bond donors (Lipinski definition) is 4. The molecule has 2 rings (SSSR count). The lowest BCUT2D eigenvalue weighted by molar-refractivity contribution is -0.134. The molecule has 0 spiro atoms. The van der Waals surface area contributed by atoms with Gasteiger partial charge in [0.15, 0.2) is 11.4 Å². The van der Waals surface area contributed by atoms with Gasteiger partial charge in [-0.2, -0.15) is 0 Å². The van der Waals surface area contributed by atoms with Crippen molar-refractivity contribution >= 4 is 29.2 Å². The summed E-state index contributed by atoms with van der Waals surface area (Å²) < 4.78 is 5.21. The number of halogens is 1. The van der Waals surface area contributed by atoms with Gasteiger partial charge in [-0.05, 0) is 6.92 Å². The van der Waals surface area contributed by atoms with Gasteiger partial charge in [-0.25, -0.2) is 9.59 Å². The van der Waals surface area contributed by atoms with E-state index in [-0.39, 0.29) is 0 Å². The molecule has 0 radical (unpaired) electrons. The zero-order valence-corrected chi connectivity index (χ0v) is 14.2. The Balaban J connectivity index is 0.000000333. The van der Waals surface area contributed by atoms with Gasteiger partial charge in [0.2, 0.25) is 0 Å². The maximum atomic E-state index is 9.55. The Morgan fingerprint density at radius 3 is 2.32 bits per heavy atom. The fourth-order valence-electron chi connectivity index (χ4n) is 1.87. The molecule has 1 unspecified atom stereocenters. The number of aliphatic hydroxyl groups excluding tert-OH is 1. The number of rotatable bonds is 5. The molecule has 10 nitrogen and oxygen atoms in total. The molecule has 138 valence electrons. The Hall–Kier alpha value is -2.43. The molecule has 0 bridgehead atoms. The van der Waals surface area contributed by atoms with Crippen molar-refractivity contribution in [1.29, 1.82) is 0 Å². The van der Waals surface area contributed by atoms with E-state index in [1.165, 1.54) is 6.92 Å². The Morgan fingerprint density at radius 2 is 1.84 bits per heavy atom. The quantitative estimate of drug-likeness (QED) is 0.409. The fourth-order valence-corrected chi connectivity index (χ4v) is 2.01. The van der Waals surface area contributed by atoms with Crippen molar-refractivity contribution in [3.8, 4) is 5.88 Å². The zero-order chi connectivity index (χ0) is 18.8. The predicted octanol–water partition coefficient (Wildman–Crippen LogP) is -0.0315. The minimum Gasteiger partial charge on any atom is -0.478 e. The van der Waals surface area contributed by atoms with Crippen molar-refractivity contribution in [2.45, 2.75) is 13.2 Å². The van der Waals surface area contributed by atoms with E-state index in [9.17, 15) is 14.7 Å². The van der Waals surface area contributed by atoms with E-state index >= 15 is 0 Å². The first-order valence-electron chi connectivity index (χ1n) is 7.27. The van der Waals surface area contributed by atoms with Gasteiger partial charge in [-0.15, -0.1) is 10.2 Å². The number of aliphatic carboxylic acids is 2. The first-order valence-corrected chi connectivity index (χ1v) is 7.65. The molecular formula is C14H19ClN4O6. The van der Waals surface area contributed by atoms with Crippen LogP contribution in [0.4, 0.5) is 5.69 Å². The van der Waals surface area contributed by atoms with Gasteiger partial charge in [0.05, 0.1) is 0 Å². The summed E-state index contributed by atoms with van der Waals surface area (Å²) in [5, 5.41) is 36.0. The van der Waals surface area contributed by atoms with Crippen LogP contribution in [0.15, 0.2) is 18.2 Å². The molecule has 1 saturated heterocycles. The van der Waals surface area contributed by atoms with Crippen molar-refractivity contribution < 1.29 is 29.6 Å². The third-order valence-electron chi connectivity index (χ3n) is 2.82. The lowest BCUT2D eigenvalue weighted by Gasteiger charge is -2.30. The summed E-state index contributed by atoms with van der Waals surface area (Å²) >= 11 is 5.84. The van der Waals surface area contributed by atoms with Gasteiger partial charge in [-0.3, -0.25) is 0 Å². The monoisotopic (exact) mass is 374 g/mol. The molecule has 11 heteroatoms. The molecule has 0 aromatic carbocycles. The number of aliphatic hydroxyl groups is 1. The maximum Gasteiger partial charge on any atom is 0.328 e. The normalized spacial score (nSPS) is 15.2. The summed E-state index contributed by atoms with van der Waals surface area (Å²) in [5.41, 5.74) is 0.771. The van der Waals surface area contributed by atoms with Crippen molar-refractivity contribution in [3.63, 3.8) is 0 Å². The SMILES string of the molecule is CC(O)Oc1nnc(Cl)cc1N1CCNCC1.O=C(O)C=CC(=O)O. The molecule has 1 aliphatic heterocycles. The average Bonchev–Trinajstić information content (AvgIpc) is 2.55. The van der Waals surface area contributed by atoms with Gasteiger partial charge in [0.25, 0.3) is 5.88 Å². The van der Waals surface area contributed by atoms with Gasteiger partial charge in [0, 0.05) is 44.4 Å². The third kappa shape index (κ3) is 8.29. The van der Waals surface area contributed by atoms with E-state index in [1.54, 1.807) is 6.07 Å². The van der Waals surface area contributed by atoms with Crippen LogP contribution in [0.5, 0.6) is 5.88 Å². The molecule has 25 heavy (non-hydrogen) atoms. The molecule has 0 aliphatic carbocycles. The van der Waals surface area contributed by atoms with Crippen LogP contribution >= 0.6 is 11.6 Å². The van der Waals surface area contributed by atoms with Crippen LogP contribution in [0.25, 0.3) is 0 Å². The second-order valence-corrected chi connectivity index (χ2v) is 5.21. The molecule has 0 saturated carbocycles. The number of ether oxygens (including phenoxy) is 1. The van der Waals surface area contributed by atoms with E-state index in [2.05, 4.69) is 20.4 Å². The number of carboxylic acid groups (broad SMARTS) is 2. The third-order valence-corrected chi connectivity index (χ3v) is 3.00. The standard InChI is InChI=1S/C10H15ClN4O2.C4H4O4/c1-7(16)17-10-8(6-9(11)13-14-10)15-4-2-12-3-5-15;5-3(6)1-2-4(7)8/h6-7,12,16H,2-5H2,1H3;1-2H,(H,5,6)(H,7,8). The first kappa shape index (κ1) is 20.6. The minimum absolute atomic E-state index is 0.311. The van der Waals surface area contributed by atoms with Crippen LogP contribution in [0.2, 0.25) is 5.15 Å². The largest absolute Gasteiger partial charge is 0.478 e. The highest BCUT2D eigenvalue weighted by atomic mass is 35.5. The van der Waals surface area contributed by atoms with Crippen LogP contribution < -0.4 is 15.0 Å². The van der Waals surface area contributed by atoms with Crippen LogP contribution in [0.1, 0.15) is 6.92 Å². The Bertz CT molecular complexity index is 603. The lowest BCUT2D eigenvalue weighted by Crippen LogP contribution is -2.43. The van der Waals surface area contributed by atoms with Gasteiger partial charge >= 0.3 is 11.9 Å².